The molecule has 3 rings (SSSR count). The van der Waals surface area contributed by atoms with Crippen LogP contribution in [-0.4, -0.2) is 86.9 Å². The molecule has 8 heteroatoms. The minimum Gasteiger partial charge on any atom is -0.378 e. The van der Waals surface area contributed by atoms with E-state index >= 15 is 0 Å². The molecule has 1 amide bonds. The fourth-order valence-corrected chi connectivity index (χ4v) is 3.66. The van der Waals surface area contributed by atoms with Gasteiger partial charge in [0.15, 0.2) is 5.96 Å². The Morgan fingerprint density at radius 3 is 2.36 bits per heavy atom. The molecular formula is C17H31IN4O3. The highest BCUT2D eigenvalue weighted by Gasteiger charge is 2.30. The van der Waals surface area contributed by atoms with Gasteiger partial charge in [-0.05, 0) is 32.1 Å². The molecule has 0 aliphatic carbocycles. The maximum atomic E-state index is 12.4. The minimum atomic E-state index is -0.208. The van der Waals surface area contributed by atoms with Crippen molar-refractivity contribution in [1.29, 1.82) is 0 Å². The zero-order valence-electron chi connectivity index (χ0n) is 15.1. The standard InChI is InChI=1S/C17H30N4O3.HI/c1-18-17(19-7-6-14-4-2-12-23-14)21-10-8-20(9-11-21)16(22)15-5-3-13-24-15;/h14-15H,2-13H2,1H3,(H,18,19);1H. The van der Waals surface area contributed by atoms with Crippen molar-refractivity contribution >= 4 is 35.8 Å². The zero-order valence-corrected chi connectivity index (χ0v) is 17.4. The van der Waals surface area contributed by atoms with E-state index in [1.54, 1.807) is 0 Å². The molecule has 0 aromatic carbocycles. The monoisotopic (exact) mass is 466 g/mol. The summed E-state index contributed by atoms with van der Waals surface area (Å²) in [5.74, 6) is 1.09. The van der Waals surface area contributed by atoms with Crippen LogP contribution >= 0.6 is 24.0 Å². The summed E-state index contributed by atoms with van der Waals surface area (Å²) in [6.07, 6.45) is 5.43. The predicted octanol–water partition coefficient (Wildman–Crippen LogP) is 1.07. The highest BCUT2D eigenvalue weighted by atomic mass is 127. The third-order valence-electron chi connectivity index (χ3n) is 5.08. The molecular weight excluding hydrogens is 435 g/mol. The second kappa shape index (κ2) is 10.5. The minimum absolute atomic E-state index is 0. The third kappa shape index (κ3) is 5.68. The Morgan fingerprint density at radius 1 is 1.08 bits per heavy atom. The number of halogens is 1. The number of carbonyl (C=O) groups is 1. The molecule has 0 aromatic heterocycles. The number of hydrogen-bond acceptors (Lipinski definition) is 4. The smallest absolute Gasteiger partial charge is 0.251 e. The average Bonchev–Trinajstić information content (AvgIpc) is 3.32. The zero-order chi connectivity index (χ0) is 16.8. The summed E-state index contributed by atoms with van der Waals surface area (Å²) < 4.78 is 11.2. The van der Waals surface area contributed by atoms with E-state index in [2.05, 4.69) is 15.2 Å². The number of hydrogen-bond donors (Lipinski definition) is 1. The van der Waals surface area contributed by atoms with Gasteiger partial charge in [-0.1, -0.05) is 0 Å². The fraction of sp³-hybridized carbons (Fsp3) is 0.882. The van der Waals surface area contributed by atoms with E-state index in [0.717, 1.165) is 71.2 Å². The second-order valence-electron chi connectivity index (χ2n) is 6.71. The molecule has 144 valence electrons. The first-order chi connectivity index (χ1) is 11.8. The molecule has 0 spiro atoms. The van der Waals surface area contributed by atoms with Gasteiger partial charge >= 0.3 is 0 Å². The number of nitrogens with one attached hydrogen (secondary N) is 1. The quantitative estimate of drug-likeness (QED) is 0.382. The van der Waals surface area contributed by atoms with Crippen molar-refractivity contribution in [3.05, 3.63) is 0 Å². The second-order valence-corrected chi connectivity index (χ2v) is 6.71. The summed E-state index contributed by atoms with van der Waals surface area (Å²) in [5, 5.41) is 3.43. The lowest BCUT2D eigenvalue weighted by atomic mass is 10.2. The fourth-order valence-electron chi connectivity index (χ4n) is 3.66. The molecule has 25 heavy (non-hydrogen) atoms. The third-order valence-corrected chi connectivity index (χ3v) is 5.08. The molecule has 0 aromatic rings. The van der Waals surface area contributed by atoms with E-state index in [1.165, 1.54) is 12.8 Å². The van der Waals surface area contributed by atoms with Crippen LogP contribution in [0.3, 0.4) is 0 Å². The summed E-state index contributed by atoms with van der Waals surface area (Å²) in [4.78, 5) is 20.9. The van der Waals surface area contributed by atoms with Gasteiger partial charge in [0.2, 0.25) is 0 Å². The van der Waals surface area contributed by atoms with Crippen molar-refractivity contribution in [3.8, 4) is 0 Å². The summed E-state index contributed by atoms with van der Waals surface area (Å²) in [6.45, 7) is 5.62. The van der Waals surface area contributed by atoms with Crippen molar-refractivity contribution in [3.63, 3.8) is 0 Å². The Labute approximate surface area is 167 Å². The van der Waals surface area contributed by atoms with Crippen LogP contribution in [-0.2, 0) is 14.3 Å². The van der Waals surface area contributed by atoms with Crippen LogP contribution in [0.4, 0.5) is 0 Å². The molecule has 2 unspecified atom stereocenters. The topological polar surface area (TPSA) is 66.4 Å². The normalized spacial score (nSPS) is 27.3. The summed E-state index contributed by atoms with van der Waals surface area (Å²) in [5.41, 5.74) is 0. The Balaban J connectivity index is 0.00000225. The van der Waals surface area contributed by atoms with Crippen LogP contribution in [0.25, 0.3) is 0 Å². The first-order valence-corrected chi connectivity index (χ1v) is 9.25. The summed E-state index contributed by atoms with van der Waals surface area (Å²) >= 11 is 0. The molecule has 0 radical (unpaired) electrons. The number of amides is 1. The largest absolute Gasteiger partial charge is 0.378 e. The highest BCUT2D eigenvalue weighted by molar-refractivity contribution is 14.0. The Morgan fingerprint density at radius 2 is 1.76 bits per heavy atom. The summed E-state index contributed by atoms with van der Waals surface area (Å²) in [6, 6.07) is 0. The molecule has 0 bridgehead atoms. The molecule has 7 nitrogen and oxygen atoms in total. The average molecular weight is 466 g/mol. The molecule has 3 fully saturated rings. The maximum absolute atomic E-state index is 12.4. The van der Waals surface area contributed by atoms with Crippen LogP contribution in [0.15, 0.2) is 4.99 Å². The number of ether oxygens (including phenoxy) is 2. The van der Waals surface area contributed by atoms with Gasteiger partial charge in [-0.15, -0.1) is 24.0 Å². The maximum Gasteiger partial charge on any atom is 0.251 e. The number of carbonyl (C=O) groups excluding carboxylic acids is 1. The van der Waals surface area contributed by atoms with E-state index in [0.29, 0.717) is 6.10 Å². The van der Waals surface area contributed by atoms with Crippen LogP contribution in [0.5, 0.6) is 0 Å². The molecule has 2 atom stereocenters. The first-order valence-electron chi connectivity index (χ1n) is 9.25. The summed E-state index contributed by atoms with van der Waals surface area (Å²) in [7, 11) is 1.82. The molecule has 3 aliphatic rings. The predicted molar refractivity (Wildman–Crippen MR) is 107 cm³/mol. The molecule has 3 aliphatic heterocycles. The lowest BCUT2D eigenvalue weighted by molar-refractivity contribution is -0.142. The van der Waals surface area contributed by atoms with E-state index in [4.69, 9.17) is 9.47 Å². The number of piperazine rings is 1. The van der Waals surface area contributed by atoms with E-state index in [-0.39, 0.29) is 36.0 Å². The van der Waals surface area contributed by atoms with Gasteiger partial charge in [-0.2, -0.15) is 0 Å². The van der Waals surface area contributed by atoms with Crippen molar-refractivity contribution in [2.75, 3.05) is 53.0 Å². The van der Waals surface area contributed by atoms with Crippen LogP contribution in [0.2, 0.25) is 0 Å². The van der Waals surface area contributed by atoms with Gasteiger partial charge < -0.3 is 24.6 Å². The van der Waals surface area contributed by atoms with E-state index < -0.39 is 0 Å². The van der Waals surface area contributed by atoms with E-state index in [9.17, 15) is 4.79 Å². The van der Waals surface area contributed by atoms with Gasteiger partial charge in [0.1, 0.15) is 6.10 Å². The van der Waals surface area contributed by atoms with Crippen molar-refractivity contribution < 1.29 is 14.3 Å². The molecule has 3 saturated heterocycles. The SMILES string of the molecule is CN=C(NCCC1CCCO1)N1CCN(C(=O)C2CCCO2)CC1.I. The van der Waals surface area contributed by atoms with E-state index in [1.807, 2.05) is 11.9 Å². The lowest BCUT2D eigenvalue weighted by Crippen LogP contribution is -2.55. The number of aliphatic imine (C=N–C) groups is 1. The molecule has 3 heterocycles. The van der Waals surface area contributed by atoms with Gasteiger partial charge in [-0.3, -0.25) is 9.79 Å². The Kier molecular flexibility index (Phi) is 8.71. The van der Waals surface area contributed by atoms with Gasteiger partial charge in [0.25, 0.3) is 5.91 Å². The van der Waals surface area contributed by atoms with Crippen LogP contribution < -0.4 is 5.32 Å². The number of rotatable bonds is 4. The van der Waals surface area contributed by atoms with Crippen molar-refractivity contribution in [2.24, 2.45) is 4.99 Å². The van der Waals surface area contributed by atoms with Crippen LogP contribution in [0, 0.1) is 0 Å². The van der Waals surface area contributed by atoms with Gasteiger partial charge in [0.05, 0.1) is 6.10 Å². The van der Waals surface area contributed by atoms with Crippen LogP contribution in [0.1, 0.15) is 32.1 Å². The number of nitrogens with zero attached hydrogens (tertiary/aromatic N) is 3. The molecule has 1 N–H and O–H groups in total. The Hall–Kier alpha value is -0.610. The highest BCUT2D eigenvalue weighted by Crippen LogP contribution is 2.16. The van der Waals surface area contributed by atoms with Crippen molar-refractivity contribution in [1.82, 2.24) is 15.1 Å². The number of guanidine groups is 1. The lowest BCUT2D eigenvalue weighted by Gasteiger charge is -2.37. The first kappa shape index (κ1) is 20.7. The van der Waals surface area contributed by atoms with Crippen molar-refractivity contribution in [2.45, 2.75) is 44.3 Å². The Bertz CT molecular complexity index is 443. The van der Waals surface area contributed by atoms with Gasteiger partial charge in [-0.25, -0.2) is 0 Å². The molecule has 0 saturated carbocycles. The van der Waals surface area contributed by atoms with Gasteiger partial charge in [0, 0.05) is 53.0 Å².